The lowest BCUT2D eigenvalue weighted by Crippen LogP contribution is -2.29. The number of ether oxygens (including phenoxy) is 3. The zero-order valence-electron chi connectivity index (χ0n) is 13.3. The number of nitrogens with two attached hydrogens (primary N) is 1. The van der Waals surface area contributed by atoms with E-state index in [0.717, 1.165) is 0 Å². The van der Waals surface area contributed by atoms with Gasteiger partial charge >= 0.3 is 0 Å². The van der Waals surface area contributed by atoms with Crippen LogP contribution in [0.25, 0.3) is 0 Å². The number of methoxy groups -OCH3 is 2. The predicted octanol–water partition coefficient (Wildman–Crippen LogP) is 1.75. The second-order valence-electron chi connectivity index (χ2n) is 4.76. The summed E-state index contributed by atoms with van der Waals surface area (Å²) < 4.78 is 15.9. The number of nitrogens with one attached hydrogen (secondary N) is 1. The average molecular weight is 333 g/mol. The topological polar surface area (TPSA) is 82.8 Å². The lowest BCUT2D eigenvalue weighted by molar-refractivity contribution is -0.121. The van der Waals surface area contributed by atoms with Gasteiger partial charge in [0.25, 0.3) is 0 Å². The van der Waals surface area contributed by atoms with Crippen molar-refractivity contribution in [2.45, 2.75) is 25.8 Å². The molecule has 1 unspecified atom stereocenters. The molecule has 0 bridgehead atoms. The number of rotatable bonds is 9. The molecule has 1 rings (SSSR count). The Morgan fingerprint density at radius 3 is 2.23 bits per heavy atom. The van der Waals surface area contributed by atoms with Crippen LogP contribution in [0.3, 0.4) is 0 Å². The van der Waals surface area contributed by atoms with E-state index in [1.54, 1.807) is 32.4 Å². The quantitative estimate of drug-likeness (QED) is 0.673. The van der Waals surface area contributed by atoms with Crippen LogP contribution in [0, 0.1) is 0 Å². The van der Waals surface area contributed by atoms with Crippen molar-refractivity contribution in [1.29, 1.82) is 0 Å². The van der Waals surface area contributed by atoms with Gasteiger partial charge in [0.1, 0.15) is 23.9 Å². The Bertz CT molecular complexity index is 433. The van der Waals surface area contributed by atoms with E-state index in [9.17, 15) is 4.79 Å². The molecule has 0 aliphatic carbocycles. The molecule has 1 aromatic rings. The maximum atomic E-state index is 11.5. The lowest BCUT2D eigenvalue weighted by atomic mass is 10.2. The van der Waals surface area contributed by atoms with Gasteiger partial charge in [-0.3, -0.25) is 4.79 Å². The van der Waals surface area contributed by atoms with Crippen LogP contribution in [0.1, 0.15) is 19.8 Å². The summed E-state index contributed by atoms with van der Waals surface area (Å²) in [6, 6.07) is 5.33. The molecule has 0 aliphatic heterocycles. The molecule has 7 heteroatoms. The minimum atomic E-state index is -0.0147. The molecule has 6 nitrogen and oxygen atoms in total. The number of hydrogen-bond acceptors (Lipinski definition) is 5. The summed E-state index contributed by atoms with van der Waals surface area (Å²) in [5.41, 5.74) is 5.60. The van der Waals surface area contributed by atoms with Crippen LogP contribution >= 0.6 is 12.4 Å². The molecule has 0 aromatic heterocycles. The van der Waals surface area contributed by atoms with Crippen LogP contribution in [0.2, 0.25) is 0 Å². The summed E-state index contributed by atoms with van der Waals surface area (Å²) in [4.78, 5) is 11.5. The minimum absolute atomic E-state index is 0. The van der Waals surface area contributed by atoms with Crippen LogP contribution in [-0.2, 0) is 4.79 Å². The third kappa shape index (κ3) is 7.95. The number of amides is 1. The molecule has 3 N–H and O–H groups in total. The molecule has 0 radical (unpaired) electrons. The first-order valence-electron chi connectivity index (χ1n) is 6.93. The Kier molecular flexibility index (Phi) is 10.2. The fourth-order valence-electron chi connectivity index (χ4n) is 1.67. The zero-order chi connectivity index (χ0) is 15.7. The van der Waals surface area contributed by atoms with Crippen molar-refractivity contribution in [2.24, 2.45) is 5.73 Å². The van der Waals surface area contributed by atoms with Gasteiger partial charge in [0.15, 0.2) is 0 Å². The fraction of sp³-hybridized carbons (Fsp3) is 0.533. The van der Waals surface area contributed by atoms with Crippen LogP contribution in [0.4, 0.5) is 0 Å². The summed E-state index contributed by atoms with van der Waals surface area (Å²) >= 11 is 0. The number of hydrogen-bond donors (Lipinski definition) is 2. The molecular weight excluding hydrogens is 308 g/mol. The third-order valence-corrected chi connectivity index (χ3v) is 2.84. The highest BCUT2D eigenvalue weighted by Crippen LogP contribution is 2.27. The van der Waals surface area contributed by atoms with Gasteiger partial charge in [0.2, 0.25) is 5.91 Å². The van der Waals surface area contributed by atoms with E-state index in [1.807, 2.05) is 6.92 Å². The van der Waals surface area contributed by atoms with Gasteiger partial charge in [-0.15, -0.1) is 12.4 Å². The maximum absolute atomic E-state index is 11.5. The molecule has 0 heterocycles. The summed E-state index contributed by atoms with van der Waals surface area (Å²) in [6.07, 6.45) is 1.12. The smallest absolute Gasteiger partial charge is 0.220 e. The second-order valence-corrected chi connectivity index (χ2v) is 4.76. The van der Waals surface area contributed by atoms with E-state index < -0.39 is 0 Å². The van der Waals surface area contributed by atoms with Gasteiger partial charge in [-0.2, -0.15) is 0 Å². The van der Waals surface area contributed by atoms with Crippen molar-refractivity contribution in [2.75, 3.05) is 27.4 Å². The fourth-order valence-corrected chi connectivity index (χ4v) is 1.67. The summed E-state index contributed by atoms with van der Waals surface area (Å²) in [7, 11) is 3.16. The van der Waals surface area contributed by atoms with Crippen molar-refractivity contribution in [3.8, 4) is 17.2 Å². The first kappa shape index (κ1) is 20.3. The Morgan fingerprint density at radius 2 is 1.73 bits per heavy atom. The highest BCUT2D eigenvalue weighted by Gasteiger charge is 2.05. The van der Waals surface area contributed by atoms with E-state index in [2.05, 4.69) is 5.32 Å². The molecular formula is C15H25ClN2O4. The molecule has 126 valence electrons. The standard InChI is InChI=1S/C15H24N2O4.ClH/c1-11(16)4-5-15(18)17-6-7-21-14-9-12(19-2)8-13(10-14)20-3;/h8-11H,4-7,16H2,1-3H3,(H,17,18);1H. The largest absolute Gasteiger partial charge is 0.496 e. The molecule has 1 amide bonds. The Labute approximate surface area is 137 Å². The van der Waals surface area contributed by atoms with Crippen LogP contribution < -0.4 is 25.3 Å². The highest BCUT2D eigenvalue weighted by atomic mass is 35.5. The van der Waals surface area contributed by atoms with Gasteiger partial charge < -0.3 is 25.3 Å². The van der Waals surface area contributed by atoms with Gasteiger partial charge in [0, 0.05) is 30.7 Å². The van der Waals surface area contributed by atoms with E-state index in [0.29, 0.717) is 43.2 Å². The molecule has 22 heavy (non-hydrogen) atoms. The van der Waals surface area contributed by atoms with Gasteiger partial charge in [-0.05, 0) is 13.3 Å². The number of halogens is 1. The van der Waals surface area contributed by atoms with E-state index >= 15 is 0 Å². The first-order chi connectivity index (χ1) is 10.0. The average Bonchev–Trinajstić information content (AvgIpc) is 2.49. The summed E-state index contributed by atoms with van der Waals surface area (Å²) in [6.45, 7) is 2.70. The van der Waals surface area contributed by atoms with Gasteiger partial charge in [-0.25, -0.2) is 0 Å². The Balaban J connectivity index is 0.00000441. The molecule has 0 saturated carbocycles. The second kappa shape index (κ2) is 11.0. The molecule has 0 spiro atoms. The lowest BCUT2D eigenvalue weighted by Gasteiger charge is -2.11. The normalized spacial score (nSPS) is 11.1. The molecule has 0 aliphatic rings. The summed E-state index contributed by atoms with van der Waals surface area (Å²) in [5, 5.41) is 2.78. The van der Waals surface area contributed by atoms with Crippen molar-refractivity contribution >= 4 is 18.3 Å². The van der Waals surface area contributed by atoms with Crippen LogP contribution in [-0.4, -0.2) is 39.3 Å². The molecule has 1 aromatic carbocycles. The van der Waals surface area contributed by atoms with Gasteiger partial charge in [0.05, 0.1) is 20.8 Å². The SMILES string of the molecule is COc1cc(OC)cc(OCCNC(=O)CCC(C)N)c1.Cl. The van der Waals surface area contributed by atoms with Crippen LogP contribution in [0.5, 0.6) is 17.2 Å². The Hall–Kier alpha value is -1.66. The van der Waals surface area contributed by atoms with Crippen molar-refractivity contribution < 1.29 is 19.0 Å². The van der Waals surface area contributed by atoms with Crippen molar-refractivity contribution in [1.82, 2.24) is 5.32 Å². The monoisotopic (exact) mass is 332 g/mol. The number of benzene rings is 1. The Morgan fingerprint density at radius 1 is 1.18 bits per heavy atom. The van der Waals surface area contributed by atoms with Crippen molar-refractivity contribution in [3.05, 3.63) is 18.2 Å². The zero-order valence-corrected chi connectivity index (χ0v) is 14.1. The minimum Gasteiger partial charge on any atom is -0.496 e. The summed E-state index contributed by atoms with van der Waals surface area (Å²) in [5.74, 6) is 1.94. The third-order valence-electron chi connectivity index (χ3n) is 2.84. The van der Waals surface area contributed by atoms with Gasteiger partial charge in [-0.1, -0.05) is 0 Å². The predicted molar refractivity (Wildman–Crippen MR) is 88.2 cm³/mol. The van der Waals surface area contributed by atoms with E-state index in [-0.39, 0.29) is 24.4 Å². The van der Waals surface area contributed by atoms with E-state index in [1.165, 1.54) is 0 Å². The maximum Gasteiger partial charge on any atom is 0.220 e. The highest BCUT2D eigenvalue weighted by molar-refractivity contribution is 5.85. The molecule has 0 fully saturated rings. The number of carbonyl (C=O) groups excluding carboxylic acids is 1. The van der Waals surface area contributed by atoms with Crippen molar-refractivity contribution in [3.63, 3.8) is 0 Å². The first-order valence-corrected chi connectivity index (χ1v) is 6.93. The van der Waals surface area contributed by atoms with E-state index in [4.69, 9.17) is 19.9 Å². The van der Waals surface area contributed by atoms with Crippen LogP contribution in [0.15, 0.2) is 18.2 Å². The molecule has 1 atom stereocenters. The number of carbonyl (C=O) groups is 1. The molecule has 0 saturated heterocycles.